The van der Waals surface area contributed by atoms with E-state index in [0.29, 0.717) is 30.8 Å². The molecule has 1 fully saturated rings. The second kappa shape index (κ2) is 7.86. The zero-order valence-corrected chi connectivity index (χ0v) is 19.0. The number of carbonyl (C=O) groups is 1. The van der Waals surface area contributed by atoms with Gasteiger partial charge in [0.25, 0.3) is 11.6 Å². The summed E-state index contributed by atoms with van der Waals surface area (Å²) < 4.78 is 8.64. The van der Waals surface area contributed by atoms with Crippen LogP contribution in [0, 0.1) is 24.0 Å². The van der Waals surface area contributed by atoms with Gasteiger partial charge in [0.1, 0.15) is 11.5 Å². The minimum atomic E-state index is -0.460. The number of aryl methyl sites for hydroxylation is 2. The number of hydrogen-bond acceptors (Lipinski definition) is 6. The molecule has 0 atom stereocenters. The highest BCUT2D eigenvalue weighted by Crippen LogP contribution is 2.36. The number of nitro benzene ring substituents is 1. The van der Waals surface area contributed by atoms with E-state index in [2.05, 4.69) is 15.9 Å². The lowest BCUT2D eigenvalue weighted by Crippen LogP contribution is -2.39. The number of amides is 1. The number of benzene rings is 1. The van der Waals surface area contributed by atoms with Crippen molar-refractivity contribution in [2.75, 3.05) is 5.01 Å². The standard InChI is InChI=1S/C20H14BrN3O4S2/c1-11-3-4-12(2)22(11)23-19(25)18(30-20(23)29)10-14-6-8-17(28-14)15-7-5-13(24(26)27)9-16(15)21/h3-10H,1-2H3/b18-10+. The summed E-state index contributed by atoms with van der Waals surface area (Å²) in [6.45, 7) is 3.83. The summed E-state index contributed by atoms with van der Waals surface area (Å²) in [5.41, 5.74) is 2.48. The van der Waals surface area contributed by atoms with Gasteiger partial charge in [-0.25, -0.2) is 0 Å². The van der Waals surface area contributed by atoms with Crippen molar-refractivity contribution in [1.29, 1.82) is 0 Å². The van der Waals surface area contributed by atoms with E-state index < -0.39 is 4.92 Å². The minimum absolute atomic E-state index is 0.0170. The van der Waals surface area contributed by atoms with Gasteiger partial charge in [-0.05, 0) is 72.3 Å². The number of thioether (sulfide) groups is 1. The molecule has 1 aromatic carbocycles. The van der Waals surface area contributed by atoms with Crippen LogP contribution in [0.3, 0.4) is 0 Å². The molecule has 2 aromatic heterocycles. The van der Waals surface area contributed by atoms with Crippen molar-refractivity contribution in [3.63, 3.8) is 0 Å². The van der Waals surface area contributed by atoms with Gasteiger partial charge >= 0.3 is 0 Å². The van der Waals surface area contributed by atoms with E-state index in [0.717, 1.165) is 11.4 Å². The first-order chi connectivity index (χ1) is 14.3. The number of aromatic nitrogens is 1. The van der Waals surface area contributed by atoms with Crippen molar-refractivity contribution in [3.05, 3.63) is 79.1 Å². The molecule has 0 N–H and O–H groups in total. The largest absolute Gasteiger partial charge is 0.457 e. The molecular formula is C20H14BrN3O4S2. The van der Waals surface area contributed by atoms with Gasteiger partial charge in [0.15, 0.2) is 4.32 Å². The van der Waals surface area contributed by atoms with E-state index >= 15 is 0 Å². The fraction of sp³-hybridized carbons (Fsp3) is 0.100. The average molecular weight is 504 g/mol. The van der Waals surface area contributed by atoms with E-state index in [1.807, 2.05) is 26.0 Å². The third kappa shape index (κ3) is 3.62. The average Bonchev–Trinajstić information content (AvgIpc) is 3.35. The van der Waals surface area contributed by atoms with Crippen LogP contribution in [0.4, 0.5) is 5.69 Å². The molecule has 7 nitrogen and oxygen atoms in total. The summed E-state index contributed by atoms with van der Waals surface area (Å²) in [7, 11) is 0. The molecule has 0 unspecified atom stereocenters. The van der Waals surface area contributed by atoms with E-state index in [4.69, 9.17) is 16.6 Å². The first kappa shape index (κ1) is 20.6. The van der Waals surface area contributed by atoms with Crippen LogP contribution < -0.4 is 5.01 Å². The lowest BCUT2D eigenvalue weighted by molar-refractivity contribution is -0.384. The van der Waals surface area contributed by atoms with Gasteiger partial charge in [-0.2, -0.15) is 5.01 Å². The van der Waals surface area contributed by atoms with Crippen LogP contribution in [-0.4, -0.2) is 19.8 Å². The monoisotopic (exact) mass is 503 g/mol. The lowest BCUT2D eigenvalue weighted by atomic mass is 10.1. The second-order valence-electron chi connectivity index (χ2n) is 6.54. The highest BCUT2D eigenvalue weighted by Gasteiger charge is 2.35. The molecule has 30 heavy (non-hydrogen) atoms. The third-order valence-electron chi connectivity index (χ3n) is 4.54. The number of hydrogen-bond donors (Lipinski definition) is 0. The van der Waals surface area contributed by atoms with Crippen LogP contribution in [0.2, 0.25) is 0 Å². The van der Waals surface area contributed by atoms with Gasteiger partial charge in [-0.3, -0.25) is 19.6 Å². The van der Waals surface area contributed by atoms with Gasteiger partial charge in [-0.1, -0.05) is 11.8 Å². The van der Waals surface area contributed by atoms with E-state index in [9.17, 15) is 14.9 Å². The van der Waals surface area contributed by atoms with Crippen LogP contribution in [0.1, 0.15) is 17.1 Å². The second-order valence-corrected chi connectivity index (χ2v) is 9.07. The summed E-state index contributed by atoms with van der Waals surface area (Å²) in [4.78, 5) is 23.9. The van der Waals surface area contributed by atoms with Crippen molar-refractivity contribution in [1.82, 2.24) is 4.68 Å². The van der Waals surface area contributed by atoms with Crippen molar-refractivity contribution < 1.29 is 14.1 Å². The van der Waals surface area contributed by atoms with E-state index in [1.165, 1.54) is 28.9 Å². The molecule has 0 bridgehead atoms. The molecule has 1 aliphatic heterocycles. The molecule has 10 heteroatoms. The molecule has 4 rings (SSSR count). The molecule has 152 valence electrons. The Morgan fingerprint density at radius 1 is 1.17 bits per heavy atom. The van der Waals surface area contributed by atoms with Crippen molar-refractivity contribution in [3.8, 4) is 11.3 Å². The Morgan fingerprint density at radius 2 is 1.87 bits per heavy atom. The highest BCUT2D eigenvalue weighted by molar-refractivity contribution is 9.10. The number of furan rings is 1. The Balaban J connectivity index is 1.63. The number of carbonyl (C=O) groups excluding carboxylic acids is 1. The Bertz CT molecular complexity index is 1230. The van der Waals surface area contributed by atoms with Crippen molar-refractivity contribution in [2.24, 2.45) is 0 Å². The Kier molecular flexibility index (Phi) is 5.39. The molecule has 0 aliphatic carbocycles. The first-order valence-corrected chi connectivity index (χ1v) is 10.8. The maximum absolute atomic E-state index is 13.0. The van der Waals surface area contributed by atoms with Gasteiger partial charge in [-0.15, -0.1) is 0 Å². The van der Waals surface area contributed by atoms with Gasteiger partial charge in [0.05, 0.1) is 9.83 Å². The SMILES string of the molecule is Cc1ccc(C)n1N1C(=O)/C(=C\c2ccc(-c3ccc([N+](=O)[O-])cc3Br)o2)SC1=S. The summed E-state index contributed by atoms with van der Waals surface area (Å²) >= 11 is 9.98. The van der Waals surface area contributed by atoms with Gasteiger partial charge in [0, 0.05) is 39.6 Å². The number of thiocarbonyl (C=S) groups is 1. The molecule has 1 aliphatic rings. The van der Waals surface area contributed by atoms with Crippen molar-refractivity contribution in [2.45, 2.75) is 13.8 Å². The minimum Gasteiger partial charge on any atom is -0.457 e. The van der Waals surface area contributed by atoms with Crippen LogP contribution in [0.15, 0.2) is 56.3 Å². The fourth-order valence-electron chi connectivity index (χ4n) is 3.13. The van der Waals surface area contributed by atoms with E-state index in [-0.39, 0.29) is 11.6 Å². The normalized spacial score (nSPS) is 15.4. The maximum Gasteiger partial charge on any atom is 0.285 e. The maximum atomic E-state index is 13.0. The number of halogens is 1. The first-order valence-electron chi connectivity index (χ1n) is 8.73. The van der Waals surface area contributed by atoms with E-state index in [1.54, 1.807) is 29.0 Å². The molecule has 1 amide bonds. The summed E-state index contributed by atoms with van der Waals surface area (Å²) in [5.74, 6) is 0.786. The fourth-order valence-corrected chi connectivity index (χ4v) is 4.91. The number of nitro groups is 1. The quantitative estimate of drug-likeness (QED) is 0.200. The summed E-state index contributed by atoms with van der Waals surface area (Å²) in [6, 6.07) is 11.8. The molecule has 3 heterocycles. The zero-order valence-electron chi connectivity index (χ0n) is 15.8. The lowest BCUT2D eigenvalue weighted by Gasteiger charge is -2.20. The summed E-state index contributed by atoms with van der Waals surface area (Å²) in [5, 5.41) is 12.4. The van der Waals surface area contributed by atoms with Crippen molar-refractivity contribution >= 4 is 61.9 Å². The number of rotatable bonds is 4. The smallest absolute Gasteiger partial charge is 0.285 e. The molecular weight excluding hydrogens is 490 g/mol. The highest BCUT2D eigenvalue weighted by atomic mass is 79.9. The Labute approximate surface area is 189 Å². The molecule has 1 saturated heterocycles. The molecule has 0 saturated carbocycles. The molecule has 0 radical (unpaired) electrons. The molecule has 3 aromatic rings. The van der Waals surface area contributed by atoms with Crippen LogP contribution >= 0.6 is 39.9 Å². The predicted molar refractivity (Wildman–Crippen MR) is 124 cm³/mol. The Hall–Kier alpha value is -2.69. The van der Waals surface area contributed by atoms with Gasteiger partial charge in [0.2, 0.25) is 0 Å². The number of nitrogens with zero attached hydrogens (tertiary/aromatic N) is 3. The Morgan fingerprint density at radius 3 is 2.50 bits per heavy atom. The van der Waals surface area contributed by atoms with Gasteiger partial charge < -0.3 is 4.42 Å². The van der Waals surface area contributed by atoms with Crippen LogP contribution in [0.25, 0.3) is 17.4 Å². The topological polar surface area (TPSA) is 81.5 Å². The third-order valence-corrected chi connectivity index (χ3v) is 6.48. The number of non-ortho nitro benzene ring substituents is 1. The summed E-state index contributed by atoms with van der Waals surface area (Å²) in [6.07, 6.45) is 1.65. The van der Waals surface area contributed by atoms with Crippen LogP contribution in [-0.2, 0) is 4.79 Å². The zero-order chi connectivity index (χ0) is 21.6. The van der Waals surface area contributed by atoms with Crippen LogP contribution in [0.5, 0.6) is 0 Å². The molecule has 0 spiro atoms. The predicted octanol–water partition coefficient (Wildman–Crippen LogP) is 5.57.